The van der Waals surface area contributed by atoms with E-state index in [-0.39, 0.29) is 24.9 Å². The third-order valence-corrected chi connectivity index (χ3v) is 5.78. The van der Waals surface area contributed by atoms with Gasteiger partial charge in [0, 0.05) is 25.3 Å². The minimum Gasteiger partial charge on any atom is -0.355 e. The molecule has 0 saturated carbocycles. The van der Waals surface area contributed by atoms with E-state index in [0.29, 0.717) is 6.42 Å². The summed E-state index contributed by atoms with van der Waals surface area (Å²) in [6.45, 7) is 3.29. The van der Waals surface area contributed by atoms with Crippen LogP contribution >= 0.6 is 0 Å². The van der Waals surface area contributed by atoms with E-state index in [1.54, 1.807) is 13.8 Å². The molecule has 3 N–H and O–H groups in total. The van der Waals surface area contributed by atoms with Crippen molar-refractivity contribution < 1.29 is 13.2 Å². The quantitative estimate of drug-likeness (QED) is 0.796. The standard InChI is InChI=1S/C15H24N2O3S/c1-15(2,21(3,19)20)11-17-14(18)10-9-13(16)12-7-5-4-6-8-12/h4-8,13H,9-11,16H2,1-3H3,(H,17,18). The Morgan fingerprint density at radius 3 is 2.38 bits per heavy atom. The molecule has 0 aliphatic heterocycles. The number of carbonyl (C=O) groups excluding carboxylic acids is 1. The van der Waals surface area contributed by atoms with Crippen LogP contribution < -0.4 is 11.1 Å². The smallest absolute Gasteiger partial charge is 0.220 e. The number of carbonyl (C=O) groups is 1. The van der Waals surface area contributed by atoms with Gasteiger partial charge < -0.3 is 11.1 Å². The van der Waals surface area contributed by atoms with Crippen molar-refractivity contribution in [3.63, 3.8) is 0 Å². The van der Waals surface area contributed by atoms with Crippen LogP contribution in [0, 0.1) is 0 Å². The van der Waals surface area contributed by atoms with Crippen molar-refractivity contribution in [1.82, 2.24) is 5.32 Å². The van der Waals surface area contributed by atoms with Gasteiger partial charge in [-0.1, -0.05) is 30.3 Å². The molecule has 0 bridgehead atoms. The van der Waals surface area contributed by atoms with E-state index in [4.69, 9.17) is 5.73 Å². The van der Waals surface area contributed by atoms with Gasteiger partial charge in [0.05, 0.1) is 4.75 Å². The minimum absolute atomic E-state index is 0.102. The predicted molar refractivity (Wildman–Crippen MR) is 84.5 cm³/mol. The van der Waals surface area contributed by atoms with Crippen LogP contribution in [-0.4, -0.2) is 31.9 Å². The average Bonchev–Trinajstić information content (AvgIpc) is 2.42. The van der Waals surface area contributed by atoms with Crippen molar-refractivity contribution in [2.45, 2.75) is 37.5 Å². The highest BCUT2D eigenvalue weighted by atomic mass is 32.2. The third kappa shape index (κ3) is 5.47. The molecule has 0 heterocycles. The number of nitrogens with two attached hydrogens (primary N) is 1. The van der Waals surface area contributed by atoms with Crippen LogP contribution in [0.3, 0.4) is 0 Å². The van der Waals surface area contributed by atoms with Crippen LogP contribution in [0.5, 0.6) is 0 Å². The highest BCUT2D eigenvalue weighted by molar-refractivity contribution is 7.92. The summed E-state index contributed by atoms with van der Waals surface area (Å²) < 4.78 is 22.1. The number of hydrogen-bond donors (Lipinski definition) is 2. The molecule has 0 radical (unpaired) electrons. The van der Waals surface area contributed by atoms with Crippen molar-refractivity contribution in [2.75, 3.05) is 12.8 Å². The van der Waals surface area contributed by atoms with E-state index in [2.05, 4.69) is 5.32 Å². The molecule has 1 amide bonds. The fraction of sp³-hybridized carbons (Fsp3) is 0.533. The van der Waals surface area contributed by atoms with Gasteiger partial charge in [-0.25, -0.2) is 8.42 Å². The zero-order chi connectivity index (χ0) is 16.1. The molecule has 0 fully saturated rings. The van der Waals surface area contributed by atoms with Crippen LogP contribution in [0.4, 0.5) is 0 Å². The fourth-order valence-electron chi connectivity index (χ4n) is 1.68. The van der Waals surface area contributed by atoms with Gasteiger partial charge >= 0.3 is 0 Å². The molecule has 118 valence electrons. The average molecular weight is 312 g/mol. The van der Waals surface area contributed by atoms with Gasteiger partial charge in [0.1, 0.15) is 0 Å². The van der Waals surface area contributed by atoms with Gasteiger partial charge in [0.25, 0.3) is 0 Å². The Morgan fingerprint density at radius 2 is 1.86 bits per heavy atom. The van der Waals surface area contributed by atoms with Crippen LogP contribution in [0.25, 0.3) is 0 Å². The molecule has 0 aliphatic rings. The number of hydrogen-bond acceptors (Lipinski definition) is 4. The second-order valence-electron chi connectivity index (χ2n) is 5.86. The molecule has 0 saturated heterocycles. The maximum atomic E-state index is 11.8. The summed E-state index contributed by atoms with van der Waals surface area (Å²) in [5, 5.41) is 2.66. The molecule has 0 aliphatic carbocycles. The predicted octanol–water partition coefficient (Wildman–Crippen LogP) is 1.41. The second kappa shape index (κ2) is 7.04. The summed E-state index contributed by atoms with van der Waals surface area (Å²) >= 11 is 0. The van der Waals surface area contributed by atoms with Gasteiger partial charge in [-0.3, -0.25) is 4.79 Å². The molecule has 1 unspecified atom stereocenters. The Bertz CT molecular complexity index is 568. The molecule has 1 rings (SSSR count). The Hall–Kier alpha value is -1.40. The fourth-order valence-corrected chi connectivity index (χ4v) is 2.02. The molecule has 0 spiro atoms. The van der Waals surface area contributed by atoms with E-state index < -0.39 is 14.6 Å². The highest BCUT2D eigenvalue weighted by Gasteiger charge is 2.30. The summed E-state index contributed by atoms with van der Waals surface area (Å²) in [6.07, 6.45) is 1.97. The Morgan fingerprint density at radius 1 is 1.29 bits per heavy atom. The van der Waals surface area contributed by atoms with E-state index in [1.807, 2.05) is 30.3 Å². The normalized spacial score (nSPS) is 13.7. The maximum absolute atomic E-state index is 11.8. The van der Waals surface area contributed by atoms with E-state index >= 15 is 0 Å². The second-order valence-corrected chi connectivity index (χ2v) is 8.51. The van der Waals surface area contributed by atoms with Crippen molar-refractivity contribution in [3.05, 3.63) is 35.9 Å². The molecule has 6 heteroatoms. The molecule has 21 heavy (non-hydrogen) atoms. The van der Waals surface area contributed by atoms with Crippen LogP contribution in [0.2, 0.25) is 0 Å². The zero-order valence-electron chi connectivity index (χ0n) is 12.8. The van der Waals surface area contributed by atoms with Crippen molar-refractivity contribution in [2.24, 2.45) is 5.73 Å². The van der Waals surface area contributed by atoms with E-state index in [0.717, 1.165) is 5.56 Å². The largest absolute Gasteiger partial charge is 0.355 e. The first-order valence-corrected chi connectivity index (χ1v) is 8.79. The molecular weight excluding hydrogens is 288 g/mol. The summed E-state index contributed by atoms with van der Waals surface area (Å²) in [6, 6.07) is 9.38. The van der Waals surface area contributed by atoms with Crippen LogP contribution in [-0.2, 0) is 14.6 Å². The lowest BCUT2D eigenvalue weighted by atomic mass is 10.0. The SMILES string of the molecule is CC(C)(CNC(=O)CCC(N)c1ccccc1)S(C)(=O)=O. The number of amides is 1. The topological polar surface area (TPSA) is 89.3 Å². The van der Waals surface area contributed by atoms with Gasteiger partial charge in [-0.2, -0.15) is 0 Å². The van der Waals surface area contributed by atoms with Crippen LogP contribution in [0.15, 0.2) is 30.3 Å². The molecule has 0 aromatic heterocycles. The number of sulfone groups is 1. The van der Waals surface area contributed by atoms with Crippen LogP contribution in [0.1, 0.15) is 38.3 Å². The lowest BCUT2D eigenvalue weighted by Crippen LogP contribution is -2.43. The molecule has 1 atom stereocenters. The highest BCUT2D eigenvalue weighted by Crippen LogP contribution is 2.16. The Balaban J connectivity index is 2.42. The summed E-state index contributed by atoms with van der Waals surface area (Å²) in [4.78, 5) is 11.8. The first-order chi connectivity index (χ1) is 9.63. The Labute approximate surface area is 126 Å². The molecule has 1 aromatic rings. The van der Waals surface area contributed by atoms with Gasteiger partial charge in [0.2, 0.25) is 5.91 Å². The summed E-state index contributed by atoms with van der Waals surface area (Å²) in [7, 11) is -3.21. The van der Waals surface area contributed by atoms with Gasteiger partial charge in [0.15, 0.2) is 9.84 Å². The number of rotatable bonds is 7. The molecule has 1 aromatic carbocycles. The summed E-state index contributed by atoms with van der Waals surface area (Å²) in [5.41, 5.74) is 7.01. The van der Waals surface area contributed by atoms with Crippen molar-refractivity contribution in [1.29, 1.82) is 0 Å². The lowest BCUT2D eigenvalue weighted by Gasteiger charge is -2.23. The number of benzene rings is 1. The molecular formula is C15H24N2O3S. The number of nitrogens with one attached hydrogen (secondary N) is 1. The summed E-state index contributed by atoms with van der Waals surface area (Å²) in [5.74, 6) is -0.182. The van der Waals surface area contributed by atoms with Crippen molar-refractivity contribution in [3.8, 4) is 0 Å². The monoisotopic (exact) mass is 312 g/mol. The van der Waals surface area contributed by atoms with E-state index in [1.165, 1.54) is 6.26 Å². The molecule has 5 nitrogen and oxygen atoms in total. The first-order valence-electron chi connectivity index (χ1n) is 6.90. The van der Waals surface area contributed by atoms with E-state index in [9.17, 15) is 13.2 Å². The first kappa shape index (κ1) is 17.7. The van der Waals surface area contributed by atoms with Gasteiger partial charge in [-0.15, -0.1) is 0 Å². The van der Waals surface area contributed by atoms with Crippen molar-refractivity contribution >= 4 is 15.7 Å². The third-order valence-electron chi connectivity index (χ3n) is 3.63. The zero-order valence-corrected chi connectivity index (χ0v) is 13.6. The Kier molecular flexibility index (Phi) is 5.92. The maximum Gasteiger partial charge on any atom is 0.220 e. The van der Waals surface area contributed by atoms with Gasteiger partial charge in [-0.05, 0) is 25.8 Å². The lowest BCUT2D eigenvalue weighted by molar-refractivity contribution is -0.121. The minimum atomic E-state index is -3.21.